The highest BCUT2D eigenvalue weighted by molar-refractivity contribution is 6.30. The van der Waals surface area contributed by atoms with Crippen LogP contribution in [0.25, 0.3) is 0 Å². The van der Waals surface area contributed by atoms with Crippen molar-refractivity contribution in [2.45, 2.75) is 20.3 Å². The number of benzene rings is 1. The van der Waals surface area contributed by atoms with E-state index in [0.29, 0.717) is 10.7 Å². The lowest BCUT2D eigenvalue weighted by Gasteiger charge is -2.10. The van der Waals surface area contributed by atoms with E-state index in [9.17, 15) is 0 Å². The predicted molar refractivity (Wildman–Crippen MR) is 76.5 cm³/mol. The Bertz CT molecular complexity index is 575. The molecule has 4 nitrogen and oxygen atoms in total. The molecule has 1 aromatic heterocycles. The zero-order valence-electron chi connectivity index (χ0n) is 10.8. The topological polar surface area (TPSA) is 55.9 Å². The normalized spacial score (nSPS) is 10.7. The van der Waals surface area contributed by atoms with Gasteiger partial charge in [0, 0.05) is 17.8 Å². The van der Waals surface area contributed by atoms with Crippen LogP contribution in [0.2, 0.25) is 5.02 Å². The second-order valence-electron chi connectivity index (χ2n) is 4.27. The van der Waals surface area contributed by atoms with Gasteiger partial charge in [-0.25, -0.2) is 0 Å². The van der Waals surface area contributed by atoms with Crippen molar-refractivity contribution in [1.82, 2.24) is 9.78 Å². The summed E-state index contributed by atoms with van der Waals surface area (Å²) < 4.78 is 1.76. The van der Waals surface area contributed by atoms with Gasteiger partial charge in [-0.1, -0.05) is 24.6 Å². The van der Waals surface area contributed by atoms with Crippen molar-refractivity contribution in [3.8, 4) is 0 Å². The van der Waals surface area contributed by atoms with Crippen LogP contribution in [0.15, 0.2) is 18.2 Å². The van der Waals surface area contributed by atoms with Gasteiger partial charge in [0.05, 0.1) is 11.4 Å². The molecular weight excluding hydrogens is 248 g/mol. The van der Waals surface area contributed by atoms with Crippen molar-refractivity contribution in [3.63, 3.8) is 0 Å². The molecule has 0 spiro atoms. The number of rotatable bonds is 3. The van der Waals surface area contributed by atoms with Gasteiger partial charge in [-0.3, -0.25) is 4.68 Å². The number of aryl methyl sites for hydroxylation is 3. The molecule has 2 aromatic rings. The zero-order chi connectivity index (χ0) is 13.3. The fraction of sp³-hybridized carbons (Fsp3) is 0.308. The van der Waals surface area contributed by atoms with Crippen LogP contribution < -0.4 is 11.1 Å². The van der Waals surface area contributed by atoms with Gasteiger partial charge in [0.2, 0.25) is 0 Å². The summed E-state index contributed by atoms with van der Waals surface area (Å²) in [4.78, 5) is 0. The largest absolute Gasteiger partial charge is 0.394 e. The molecule has 0 unspecified atom stereocenters. The standard InChI is InChI=1S/C13H17ClN4/c1-4-10-12(15)13(18(3)17-10)16-11-7-9(14)6-5-8(11)2/h5-7,16H,4,15H2,1-3H3. The van der Waals surface area contributed by atoms with Gasteiger partial charge in [-0.2, -0.15) is 5.10 Å². The van der Waals surface area contributed by atoms with Crippen LogP contribution in [-0.2, 0) is 13.5 Å². The molecule has 1 heterocycles. The number of halogens is 1. The average Bonchev–Trinajstić information content (AvgIpc) is 2.61. The third kappa shape index (κ3) is 2.29. The third-order valence-electron chi connectivity index (χ3n) is 2.95. The minimum Gasteiger partial charge on any atom is -0.394 e. The second-order valence-corrected chi connectivity index (χ2v) is 4.71. The smallest absolute Gasteiger partial charge is 0.152 e. The van der Waals surface area contributed by atoms with Crippen molar-refractivity contribution >= 4 is 28.8 Å². The first-order chi connectivity index (χ1) is 8.52. The highest BCUT2D eigenvalue weighted by atomic mass is 35.5. The number of nitrogens with one attached hydrogen (secondary N) is 1. The summed E-state index contributed by atoms with van der Waals surface area (Å²) in [5, 5.41) is 8.36. The lowest BCUT2D eigenvalue weighted by atomic mass is 10.2. The Morgan fingerprint density at radius 3 is 2.78 bits per heavy atom. The Balaban J connectivity index is 2.39. The molecule has 0 saturated carbocycles. The van der Waals surface area contributed by atoms with Gasteiger partial charge in [-0.05, 0) is 31.0 Å². The summed E-state index contributed by atoms with van der Waals surface area (Å²) in [6.45, 7) is 4.05. The van der Waals surface area contributed by atoms with E-state index in [0.717, 1.165) is 29.2 Å². The minimum atomic E-state index is 0.694. The molecule has 0 aliphatic heterocycles. The van der Waals surface area contributed by atoms with Gasteiger partial charge in [0.1, 0.15) is 0 Å². The van der Waals surface area contributed by atoms with Crippen LogP contribution in [-0.4, -0.2) is 9.78 Å². The Hall–Kier alpha value is -1.68. The molecule has 5 heteroatoms. The summed E-state index contributed by atoms with van der Waals surface area (Å²) in [7, 11) is 1.87. The summed E-state index contributed by atoms with van der Waals surface area (Å²) >= 11 is 6.00. The van der Waals surface area contributed by atoms with Gasteiger partial charge in [-0.15, -0.1) is 0 Å². The lowest BCUT2D eigenvalue weighted by molar-refractivity contribution is 0.753. The number of nitrogen functional groups attached to an aromatic ring is 1. The van der Waals surface area contributed by atoms with Crippen molar-refractivity contribution in [2.75, 3.05) is 11.1 Å². The number of anilines is 3. The van der Waals surface area contributed by atoms with E-state index < -0.39 is 0 Å². The Morgan fingerprint density at radius 2 is 2.17 bits per heavy atom. The van der Waals surface area contributed by atoms with Crippen LogP contribution >= 0.6 is 11.6 Å². The second kappa shape index (κ2) is 4.90. The molecule has 0 fully saturated rings. The van der Waals surface area contributed by atoms with E-state index in [4.69, 9.17) is 17.3 Å². The first-order valence-corrected chi connectivity index (χ1v) is 6.25. The molecule has 96 valence electrons. The lowest BCUT2D eigenvalue weighted by Crippen LogP contribution is -2.02. The third-order valence-corrected chi connectivity index (χ3v) is 3.18. The van der Waals surface area contributed by atoms with Crippen LogP contribution in [0.5, 0.6) is 0 Å². The summed E-state index contributed by atoms with van der Waals surface area (Å²) in [6, 6.07) is 5.72. The van der Waals surface area contributed by atoms with Gasteiger partial charge >= 0.3 is 0 Å². The molecule has 0 radical (unpaired) electrons. The molecule has 0 aliphatic rings. The first-order valence-electron chi connectivity index (χ1n) is 5.87. The van der Waals surface area contributed by atoms with Crippen molar-refractivity contribution in [1.29, 1.82) is 0 Å². The quantitative estimate of drug-likeness (QED) is 0.895. The van der Waals surface area contributed by atoms with Crippen molar-refractivity contribution in [3.05, 3.63) is 34.5 Å². The zero-order valence-corrected chi connectivity index (χ0v) is 11.5. The molecule has 18 heavy (non-hydrogen) atoms. The minimum absolute atomic E-state index is 0.694. The number of hydrogen-bond acceptors (Lipinski definition) is 3. The maximum absolute atomic E-state index is 6.07. The predicted octanol–water partition coefficient (Wildman–Crippen LogP) is 3.27. The highest BCUT2D eigenvalue weighted by Crippen LogP contribution is 2.29. The number of nitrogens with zero attached hydrogens (tertiary/aromatic N) is 2. The molecule has 2 rings (SSSR count). The number of nitrogens with two attached hydrogens (primary N) is 1. The van der Waals surface area contributed by atoms with E-state index >= 15 is 0 Å². The Kier molecular flexibility index (Phi) is 3.48. The van der Waals surface area contributed by atoms with Crippen LogP contribution in [0.1, 0.15) is 18.2 Å². The summed E-state index contributed by atoms with van der Waals surface area (Å²) in [5.41, 5.74) is 9.72. The van der Waals surface area contributed by atoms with E-state index in [1.54, 1.807) is 4.68 Å². The molecule has 0 bridgehead atoms. The van der Waals surface area contributed by atoms with Crippen molar-refractivity contribution in [2.24, 2.45) is 7.05 Å². The van der Waals surface area contributed by atoms with Gasteiger partial charge < -0.3 is 11.1 Å². The summed E-state index contributed by atoms with van der Waals surface area (Å²) in [6.07, 6.45) is 0.815. The first kappa shape index (κ1) is 12.8. The van der Waals surface area contributed by atoms with Crippen LogP contribution in [0.4, 0.5) is 17.2 Å². The molecular formula is C13H17ClN4. The molecule has 0 atom stereocenters. The molecule has 0 saturated heterocycles. The van der Waals surface area contributed by atoms with Crippen LogP contribution in [0, 0.1) is 6.92 Å². The maximum atomic E-state index is 6.07. The molecule has 0 aliphatic carbocycles. The van der Waals surface area contributed by atoms with Crippen LogP contribution in [0.3, 0.4) is 0 Å². The molecule has 1 aromatic carbocycles. The van der Waals surface area contributed by atoms with Gasteiger partial charge in [0.25, 0.3) is 0 Å². The highest BCUT2D eigenvalue weighted by Gasteiger charge is 2.12. The Morgan fingerprint density at radius 1 is 1.44 bits per heavy atom. The number of aromatic nitrogens is 2. The van der Waals surface area contributed by atoms with E-state index in [-0.39, 0.29) is 0 Å². The number of hydrogen-bond donors (Lipinski definition) is 2. The average molecular weight is 265 g/mol. The monoisotopic (exact) mass is 264 g/mol. The fourth-order valence-corrected chi connectivity index (χ4v) is 2.03. The van der Waals surface area contributed by atoms with Gasteiger partial charge in [0.15, 0.2) is 5.82 Å². The summed E-state index contributed by atoms with van der Waals surface area (Å²) in [5.74, 6) is 0.803. The van der Waals surface area contributed by atoms with E-state index in [1.165, 1.54) is 0 Å². The fourth-order valence-electron chi connectivity index (χ4n) is 1.86. The Labute approximate surface area is 112 Å². The van der Waals surface area contributed by atoms with Crippen molar-refractivity contribution < 1.29 is 0 Å². The SMILES string of the molecule is CCc1nn(C)c(Nc2cc(Cl)ccc2C)c1N. The van der Waals surface area contributed by atoms with E-state index in [1.807, 2.05) is 39.1 Å². The maximum Gasteiger partial charge on any atom is 0.152 e. The molecule has 3 N–H and O–H groups in total. The molecule has 0 amide bonds. The van der Waals surface area contributed by atoms with E-state index in [2.05, 4.69) is 10.4 Å².